The van der Waals surface area contributed by atoms with Gasteiger partial charge in [-0.2, -0.15) is 0 Å². The Balaban J connectivity index is 1.95. The van der Waals surface area contributed by atoms with Crippen LogP contribution in [0.3, 0.4) is 0 Å². The van der Waals surface area contributed by atoms with E-state index in [0.29, 0.717) is 11.1 Å². The van der Waals surface area contributed by atoms with Gasteiger partial charge in [0.1, 0.15) is 5.75 Å². The van der Waals surface area contributed by atoms with E-state index in [2.05, 4.69) is 0 Å². The minimum absolute atomic E-state index is 0.122. The Morgan fingerprint density at radius 1 is 1.16 bits per heavy atom. The molecule has 5 N–H and O–H groups in total. The highest BCUT2D eigenvalue weighted by Gasteiger charge is 2.72. The van der Waals surface area contributed by atoms with E-state index in [9.17, 15) is 39.3 Å². The Kier molecular flexibility index (Phi) is 6.43. The summed E-state index contributed by atoms with van der Waals surface area (Å²) in [5, 5.41) is 34.4. The quantitative estimate of drug-likeness (QED) is 0.304. The predicted molar refractivity (Wildman–Crippen MR) is 131 cm³/mol. The van der Waals surface area contributed by atoms with Gasteiger partial charge in [-0.15, -0.1) is 11.6 Å². The van der Waals surface area contributed by atoms with Crippen LogP contribution in [0.1, 0.15) is 48.2 Å². The van der Waals surface area contributed by atoms with E-state index in [1.54, 1.807) is 32.9 Å². The molecule has 0 bridgehead atoms. The van der Waals surface area contributed by atoms with Gasteiger partial charge in [0.05, 0.1) is 29.5 Å². The number of primary amides is 1. The summed E-state index contributed by atoms with van der Waals surface area (Å²) in [5.74, 6) is -13.2. The van der Waals surface area contributed by atoms with Crippen molar-refractivity contribution >= 4 is 40.6 Å². The summed E-state index contributed by atoms with van der Waals surface area (Å²) in [6, 6.07) is 1.88. The maximum absolute atomic E-state index is 13.9. The maximum Gasteiger partial charge on any atom is 0.235 e. The van der Waals surface area contributed by atoms with E-state index >= 15 is 0 Å². The monoisotopic (exact) mass is 534 g/mol. The van der Waals surface area contributed by atoms with Gasteiger partial charge in [-0.05, 0) is 25.6 Å². The summed E-state index contributed by atoms with van der Waals surface area (Å²) in [6.45, 7) is 5.21. The van der Waals surface area contributed by atoms with E-state index in [4.69, 9.17) is 17.3 Å². The third-order valence-corrected chi connectivity index (χ3v) is 9.22. The molecule has 2 unspecified atom stereocenters. The molecule has 37 heavy (non-hydrogen) atoms. The van der Waals surface area contributed by atoms with Gasteiger partial charge in [0.25, 0.3) is 0 Å². The van der Waals surface area contributed by atoms with Crippen molar-refractivity contribution in [3.8, 4) is 5.75 Å². The molecule has 8 atom stereocenters. The van der Waals surface area contributed by atoms with Crippen LogP contribution < -0.4 is 5.73 Å². The molecule has 1 aromatic rings. The highest BCUT2D eigenvalue weighted by molar-refractivity contribution is 6.32. The Morgan fingerprint density at radius 3 is 2.27 bits per heavy atom. The van der Waals surface area contributed by atoms with Gasteiger partial charge in [-0.25, -0.2) is 0 Å². The average Bonchev–Trinajstić information content (AvgIpc) is 2.80. The van der Waals surface area contributed by atoms with Crippen LogP contribution in [0.25, 0.3) is 0 Å². The molecule has 200 valence electrons. The summed E-state index contributed by atoms with van der Waals surface area (Å²) < 4.78 is 0. The number of nitrogens with zero attached hydrogens (tertiary/aromatic N) is 1. The second kappa shape index (κ2) is 8.69. The zero-order valence-electron chi connectivity index (χ0n) is 21.2. The molecule has 2 fully saturated rings. The molecule has 0 radical (unpaired) electrons. The molecule has 3 aliphatic rings. The number of phenolic OH excluding ortho intramolecular Hbond substituents is 1. The predicted octanol–water partition coefficient (Wildman–Crippen LogP) is -0.0848. The lowest BCUT2D eigenvalue weighted by Gasteiger charge is -2.56. The van der Waals surface area contributed by atoms with E-state index in [0.717, 1.165) is 0 Å². The zero-order chi connectivity index (χ0) is 27.9. The van der Waals surface area contributed by atoms with Gasteiger partial charge < -0.3 is 21.1 Å². The smallest absolute Gasteiger partial charge is 0.235 e. The van der Waals surface area contributed by atoms with Crippen LogP contribution >= 0.6 is 11.6 Å². The van der Waals surface area contributed by atoms with Crippen molar-refractivity contribution in [1.82, 2.24) is 4.90 Å². The summed E-state index contributed by atoms with van der Waals surface area (Å²) in [4.78, 5) is 67.7. The fourth-order valence-electron chi connectivity index (χ4n) is 6.61. The number of alkyl halides is 1. The number of fused-ring (bicyclic) bond motifs is 3. The topological polar surface area (TPSA) is 175 Å². The number of phenols is 1. The summed E-state index contributed by atoms with van der Waals surface area (Å²) in [6.07, 6.45) is -1.66. The fourth-order valence-corrected chi connectivity index (χ4v) is 6.75. The number of carbonyl (C=O) groups excluding carboxylic acids is 5. The molecule has 0 spiro atoms. The van der Waals surface area contributed by atoms with Crippen molar-refractivity contribution < 1.29 is 39.3 Å². The first kappa shape index (κ1) is 27.4. The molecule has 1 aromatic carbocycles. The third kappa shape index (κ3) is 3.46. The van der Waals surface area contributed by atoms with Crippen molar-refractivity contribution in [2.75, 3.05) is 20.0 Å². The molecule has 4 rings (SSSR count). The van der Waals surface area contributed by atoms with Crippen molar-refractivity contribution in [2.45, 2.75) is 49.9 Å². The number of nitrogens with two attached hydrogens (primary N) is 1. The molecule has 1 amide bonds. The van der Waals surface area contributed by atoms with Gasteiger partial charge >= 0.3 is 0 Å². The largest absolute Gasteiger partial charge is 0.507 e. The standard InChI is InChI=1S/C26H31ClN2O8/c1-9-10-6-7-11(25(2,3)8-27)18(30)13(10)19(31)14-12(9)20(32)16-17(29(4)5)21(33)15(24(28)36)23(35)26(16,37)22(14)34/h6-7,9,12,14-17,20,30,32,37H,8H2,1-5H3,(H2,28,36)/t9-,12+,14?,15?,16+,17-,20-,26-/m0/s1. The van der Waals surface area contributed by atoms with Gasteiger partial charge in [-0.3, -0.25) is 28.9 Å². The normalized spacial score (nSPS) is 35.8. The first-order chi connectivity index (χ1) is 17.0. The van der Waals surface area contributed by atoms with Gasteiger partial charge in [0.2, 0.25) is 5.91 Å². The van der Waals surface area contributed by atoms with E-state index in [1.807, 2.05) is 0 Å². The number of Topliss-reactive ketones (excluding diaryl/α,β-unsaturated/α-hetero) is 4. The summed E-state index contributed by atoms with van der Waals surface area (Å²) >= 11 is 6.08. The summed E-state index contributed by atoms with van der Waals surface area (Å²) in [5.41, 5.74) is 2.20. The lowest BCUT2D eigenvalue weighted by atomic mass is 9.49. The number of benzene rings is 1. The molecule has 0 heterocycles. The lowest BCUT2D eigenvalue weighted by molar-refractivity contribution is -0.196. The molecule has 11 heteroatoms. The number of carbonyl (C=O) groups is 5. The SMILES string of the molecule is C[C@H]1c2ccc(C(C)(C)CCl)c(O)c2C(=O)C2C(=O)[C@]3(O)C(=O)C(C(N)=O)C(=O)[C@@H](N(C)C)[C@@H]3[C@@H](O)[C@@H]21. The van der Waals surface area contributed by atoms with E-state index in [1.165, 1.54) is 19.0 Å². The minimum Gasteiger partial charge on any atom is -0.507 e. The molecular weight excluding hydrogens is 504 g/mol. The van der Waals surface area contributed by atoms with Gasteiger partial charge in [0.15, 0.2) is 34.7 Å². The minimum atomic E-state index is -3.02. The second-order valence-corrected chi connectivity index (χ2v) is 11.6. The Bertz CT molecular complexity index is 1240. The maximum atomic E-state index is 13.9. The Labute approximate surface area is 218 Å². The van der Waals surface area contributed by atoms with Crippen LogP contribution in [0.5, 0.6) is 5.75 Å². The number of aliphatic hydroxyl groups excluding tert-OH is 1. The number of aliphatic hydroxyl groups is 2. The number of halogens is 1. The number of aromatic hydroxyl groups is 1. The van der Waals surface area contributed by atoms with Crippen LogP contribution in [-0.2, 0) is 24.6 Å². The lowest BCUT2D eigenvalue weighted by Crippen LogP contribution is -2.77. The fraction of sp³-hybridized carbons (Fsp3) is 0.577. The second-order valence-electron chi connectivity index (χ2n) is 11.3. The number of ketones is 4. The average molecular weight is 535 g/mol. The number of rotatable bonds is 4. The first-order valence-electron chi connectivity index (χ1n) is 12.0. The number of amides is 1. The van der Waals surface area contributed by atoms with Crippen molar-refractivity contribution in [3.63, 3.8) is 0 Å². The number of hydrogen-bond donors (Lipinski definition) is 4. The number of hydrogen-bond acceptors (Lipinski definition) is 9. The molecule has 10 nitrogen and oxygen atoms in total. The Morgan fingerprint density at radius 2 is 1.76 bits per heavy atom. The van der Waals surface area contributed by atoms with Crippen molar-refractivity contribution in [1.29, 1.82) is 0 Å². The molecular formula is C26H31ClN2O8. The van der Waals surface area contributed by atoms with Crippen LogP contribution in [0.4, 0.5) is 0 Å². The van der Waals surface area contributed by atoms with Crippen LogP contribution in [0.2, 0.25) is 0 Å². The molecule has 0 aromatic heterocycles. The van der Waals surface area contributed by atoms with Crippen molar-refractivity contribution in [3.05, 3.63) is 28.8 Å². The highest BCUT2D eigenvalue weighted by Crippen LogP contribution is 2.55. The van der Waals surface area contributed by atoms with E-state index < -0.39 is 81.8 Å². The molecule has 3 aliphatic carbocycles. The molecule has 0 aliphatic heterocycles. The first-order valence-corrected chi connectivity index (χ1v) is 12.5. The highest BCUT2D eigenvalue weighted by atomic mass is 35.5. The molecule has 2 saturated carbocycles. The third-order valence-electron chi connectivity index (χ3n) is 8.55. The Hall–Kier alpha value is -2.66. The van der Waals surface area contributed by atoms with Crippen LogP contribution in [0, 0.1) is 23.7 Å². The summed E-state index contributed by atoms with van der Waals surface area (Å²) in [7, 11) is 2.89. The van der Waals surface area contributed by atoms with Gasteiger partial charge in [0, 0.05) is 22.8 Å². The number of likely N-dealkylation sites (N-methyl/N-ethyl adjacent to an activating group) is 1. The van der Waals surface area contributed by atoms with Crippen LogP contribution in [0.15, 0.2) is 12.1 Å². The zero-order valence-corrected chi connectivity index (χ0v) is 21.9. The van der Waals surface area contributed by atoms with Crippen molar-refractivity contribution in [2.24, 2.45) is 29.4 Å². The van der Waals surface area contributed by atoms with Crippen LogP contribution in [-0.4, -0.2) is 87.0 Å². The molecule has 0 saturated heterocycles. The van der Waals surface area contributed by atoms with E-state index in [-0.39, 0.29) is 17.2 Å². The van der Waals surface area contributed by atoms with Gasteiger partial charge in [-0.1, -0.05) is 32.9 Å².